The predicted molar refractivity (Wildman–Crippen MR) is 80.2 cm³/mol. The van der Waals surface area contributed by atoms with Crippen molar-refractivity contribution in [3.8, 4) is 5.75 Å². The molecule has 1 amide bonds. The summed E-state index contributed by atoms with van der Waals surface area (Å²) in [5, 5.41) is 2.39. The van der Waals surface area contributed by atoms with Crippen molar-refractivity contribution in [2.45, 2.75) is 10.7 Å². The van der Waals surface area contributed by atoms with Gasteiger partial charge in [-0.3, -0.25) is 4.79 Å². The molecule has 0 fully saturated rings. The Morgan fingerprint density at radius 3 is 2.38 bits per heavy atom. The van der Waals surface area contributed by atoms with Gasteiger partial charge in [-0.15, -0.1) is 0 Å². The summed E-state index contributed by atoms with van der Waals surface area (Å²) in [7, 11) is -4.68. The molecule has 1 N–H and O–H groups in total. The van der Waals surface area contributed by atoms with Crippen LogP contribution in [0, 0.1) is 5.82 Å². The van der Waals surface area contributed by atoms with E-state index in [0.717, 1.165) is 18.2 Å². The van der Waals surface area contributed by atoms with Crippen LogP contribution < -0.4 is 10.1 Å². The molecule has 0 aliphatic rings. The lowest BCUT2D eigenvalue weighted by atomic mass is 10.3. The molecule has 0 saturated heterocycles. The van der Waals surface area contributed by atoms with Gasteiger partial charge in [0.2, 0.25) is 9.84 Å². The summed E-state index contributed by atoms with van der Waals surface area (Å²) in [6.07, 6.45) is 0. The van der Waals surface area contributed by atoms with E-state index < -0.39 is 38.8 Å². The molecule has 9 heteroatoms. The Balaban J connectivity index is 1.95. The van der Waals surface area contributed by atoms with Gasteiger partial charge >= 0.3 is 5.76 Å². The zero-order valence-electron chi connectivity index (χ0n) is 12.1. The Morgan fingerprint density at radius 2 is 1.79 bits per heavy atom. The van der Waals surface area contributed by atoms with Gasteiger partial charge in [0.05, 0.1) is 4.90 Å². The summed E-state index contributed by atoms with van der Waals surface area (Å²) >= 11 is 0. The number of amides is 1. The maximum atomic E-state index is 12.9. The SMILES string of the molecule is O=C(COc1cccc(F)c1)Nc1ccc(S(=O)(=O)C(F)F)cc1. The average Bonchev–Trinajstić information content (AvgIpc) is 2.53. The fourth-order valence-electron chi connectivity index (χ4n) is 1.73. The molecule has 0 aliphatic heterocycles. The van der Waals surface area contributed by atoms with E-state index in [9.17, 15) is 26.4 Å². The molecule has 0 bridgehead atoms. The fraction of sp³-hybridized carbons (Fsp3) is 0.133. The van der Waals surface area contributed by atoms with E-state index in [1.807, 2.05) is 0 Å². The van der Waals surface area contributed by atoms with E-state index in [-0.39, 0.29) is 11.4 Å². The predicted octanol–water partition coefficient (Wildman–Crippen LogP) is 2.84. The van der Waals surface area contributed by atoms with Crippen LogP contribution in [0.1, 0.15) is 0 Å². The summed E-state index contributed by atoms with van der Waals surface area (Å²) in [6.45, 7) is -0.402. The first-order valence-electron chi connectivity index (χ1n) is 6.59. The Morgan fingerprint density at radius 1 is 1.12 bits per heavy atom. The Hall–Kier alpha value is -2.55. The zero-order valence-corrected chi connectivity index (χ0v) is 12.9. The number of sulfone groups is 1. The lowest BCUT2D eigenvalue weighted by Gasteiger charge is -2.08. The summed E-state index contributed by atoms with van der Waals surface area (Å²) in [6, 6.07) is 9.50. The van der Waals surface area contributed by atoms with Gasteiger partial charge in [-0.05, 0) is 36.4 Å². The number of carbonyl (C=O) groups excluding carboxylic acids is 1. The van der Waals surface area contributed by atoms with Gasteiger partial charge < -0.3 is 10.1 Å². The van der Waals surface area contributed by atoms with Crippen LogP contribution in [0.15, 0.2) is 53.4 Å². The molecule has 0 aliphatic carbocycles. The van der Waals surface area contributed by atoms with Crippen LogP contribution in [0.2, 0.25) is 0 Å². The van der Waals surface area contributed by atoms with Gasteiger partial charge in [0.15, 0.2) is 6.61 Å². The number of halogens is 3. The maximum Gasteiger partial charge on any atom is 0.341 e. The molecule has 2 rings (SSSR count). The second kappa shape index (κ2) is 7.35. The van der Waals surface area contributed by atoms with Crippen molar-refractivity contribution in [1.29, 1.82) is 0 Å². The molecule has 0 atom stereocenters. The molecule has 0 radical (unpaired) electrons. The molecule has 0 aromatic heterocycles. The van der Waals surface area contributed by atoms with Crippen molar-refractivity contribution in [2.24, 2.45) is 0 Å². The van der Waals surface area contributed by atoms with Crippen molar-refractivity contribution < 1.29 is 31.1 Å². The normalized spacial score (nSPS) is 11.3. The summed E-state index contributed by atoms with van der Waals surface area (Å²) < 4.78 is 65.4. The van der Waals surface area contributed by atoms with E-state index in [4.69, 9.17) is 4.74 Å². The monoisotopic (exact) mass is 359 g/mol. The first kappa shape index (κ1) is 17.8. The average molecular weight is 359 g/mol. The molecule has 0 heterocycles. The summed E-state index contributed by atoms with van der Waals surface area (Å²) in [4.78, 5) is 11.1. The van der Waals surface area contributed by atoms with Crippen LogP contribution in [0.5, 0.6) is 5.75 Å². The molecule has 5 nitrogen and oxygen atoms in total. The third kappa shape index (κ3) is 4.48. The van der Waals surface area contributed by atoms with Gasteiger partial charge in [-0.25, -0.2) is 12.8 Å². The number of ether oxygens (including phenoxy) is 1. The highest BCUT2D eigenvalue weighted by atomic mass is 32.2. The number of anilines is 1. The number of rotatable bonds is 6. The Labute approximate surface area is 136 Å². The molecular weight excluding hydrogens is 347 g/mol. The second-order valence-electron chi connectivity index (χ2n) is 4.62. The van der Waals surface area contributed by atoms with Gasteiger partial charge in [-0.2, -0.15) is 8.78 Å². The third-order valence-electron chi connectivity index (χ3n) is 2.87. The van der Waals surface area contributed by atoms with Crippen LogP contribution in [0.3, 0.4) is 0 Å². The highest BCUT2D eigenvalue weighted by molar-refractivity contribution is 7.91. The van der Waals surface area contributed by atoms with E-state index in [1.165, 1.54) is 30.3 Å². The maximum absolute atomic E-state index is 12.9. The minimum absolute atomic E-state index is 0.170. The minimum atomic E-state index is -4.68. The molecular formula is C15H12F3NO4S. The highest BCUT2D eigenvalue weighted by Gasteiger charge is 2.26. The third-order valence-corrected chi connectivity index (χ3v) is 4.27. The first-order chi connectivity index (χ1) is 11.3. The molecule has 0 unspecified atom stereocenters. The molecule has 0 saturated carbocycles. The van der Waals surface area contributed by atoms with E-state index >= 15 is 0 Å². The minimum Gasteiger partial charge on any atom is -0.484 e. The van der Waals surface area contributed by atoms with Gasteiger partial charge in [0.1, 0.15) is 11.6 Å². The number of nitrogens with one attached hydrogen (secondary N) is 1. The van der Waals surface area contributed by atoms with Crippen LogP contribution in [0.4, 0.5) is 18.9 Å². The quantitative estimate of drug-likeness (QED) is 0.861. The second-order valence-corrected chi connectivity index (χ2v) is 6.54. The van der Waals surface area contributed by atoms with Gasteiger partial charge in [0.25, 0.3) is 5.91 Å². The van der Waals surface area contributed by atoms with Gasteiger partial charge in [-0.1, -0.05) is 6.07 Å². The first-order valence-corrected chi connectivity index (χ1v) is 8.14. The lowest BCUT2D eigenvalue weighted by molar-refractivity contribution is -0.118. The smallest absolute Gasteiger partial charge is 0.341 e. The van der Waals surface area contributed by atoms with Crippen LogP contribution in [-0.2, 0) is 14.6 Å². The van der Waals surface area contributed by atoms with Crippen molar-refractivity contribution in [1.82, 2.24) is 0 Å². The standard InChI is InChI=1S/C15H12F3NO4S/c16-10-2-1-3-12(8-10)23-9-14(20)19-11-4-6-13(7-5-11)24(21,22)15(17)18/h1-8,15H,9H2,(H,19,20). The molecule has 24 heavy (non-hydrogen) atoms. The molecule has 0 spiro atoms. The molecule has 2 aromatic rings. The largest absolute Gasteiger partial charge is 0.484 e. The van der Waals surface area contributed by atoms with Crippen LogP contribution in [-0.4, -0.2) is 26.7 Å². The van der Waals surface area contributed by atoms with Crippen molar-refractivity contribution in [3.63, 3.8) is 0 Å². The number of alkyl halides is 2. The van der Waals surface area contributed by atoms with E-state index in [0.29, 0.717) is 0 Å². The summed E-state index contributed by atoms with van der Waals surface area (Å²) in [5.74, 6) is -4.44. The van der Waals surface area contributed by atoms with Crippen LogP contribution in [0.25, 0.3) is 0 Å². The highest BCUT2D eigenvalue weighted by Crippen LogP contribution is 2.20. The van der Waals surface area contributed by atoms with Crippen molar-refractivity contribution in [2.75, 3.05) is 11.9 Å². The van der Waals surface area contributed by atoms with E-state index in [2.05, 4.69) is 5.32 Å². The Kier molecular flexibility index (Phi) is 5.45. The fourth-order valence-corrected chi connectivity index (χ4v) is 2.45. The van der Waals surface area contributed by atoms with Crippen molar-refractivity contribution >= 4 is 21.4 Å². The lowest BCUT2D eigenvalue weighted by Crippen LogP contribution is -2.20. The van der Waals surface area contributed by atoms with Gasteiger partial charge in [0, 0.05) is 11.8 Å². The topological polar surface area (TPSA) is 72.5 Å². The van der Waals surface area contributed by atoms with E-state index in [1.54, 1.807) is 0 Å². The van der Waals surface area contributed by atoms with Crippen LogP contribution >= 0.6 is 0 Å². The van der Waals surface area contributed by atoms with Crippen molar-refractivity contribution in [3.05, 3.63) is 54.3 Å². The number of hydrogen-bond acceptors (Lipinski definition) is 4. The number of carbonyl (C=O) groups is 1. The zero-order chi connectivity index (χ0) is 17.7. The summed E-state index contributed by atoms with van der Waals surface area (Å²) in [5.41, 5.74) is 0.205. The number of benzene rings is 2. The Bertz CT molecular complexity index is 823. The molecule has 2 aromatic carbocycles. The number of hydrogen-bond donors (Lipinski definition) is 1. The molecule has 128 valence electrons.